The highest BCUT2D eigenvalue weighted by Crippen LogP contribution is 2.31. The van der Waals surface area contributed by atoms with Crippen LogP contribution in [0.5, 0.6) is 0 Å². The van der Waals surface area contributed by atoms with E-state index < -0.39 is 11.8 Å². The largest absolute Gasteiger partial charge is 0.478 e. The summed E-state index contributed by atoms with van der Waals surface area (Å²) in [6, 6.07) is 2.49. The van der Waals surface area contributed by atoms with Crippen molar-refractivity contribution >= 4 is 5.97 Å². The van der Waals surface area contributed by atoms with E-state index in [1.54, 1.807) is 0 Å². The highest BCUT2D eigenvalue weighted by molar-refractivity contribution is 5.88. The summed E-state index contributed by atoms with van der Waals surface area (Å²) in [7, 11) is 0. The van der Waals surface area contributed by atoms with E-state index in [0.29, 0.717) is 0 Å². The number of rotatable bonds is 1. The van der Waals surface area contributed by atoms with Crippen molar-refractivity contribution in [2.75, 3.05) is 0 Å². The van der Waals surface area contributed by atoms with Crippen molar-refractivity contribution in [2.45, 2.75) is 18.9 Å². The Hall–Kier alpha value is -1.42. The summed E-state index contributed by atoms with van der Waals surface area (Å²) < 4.78 is 13.2. The summed E-state index contributed by atoms with van der Waals surface area (Å²) in [5, 5.41) is 8.70. The van der Waals surface area contributed by atoms with E-state index >= 15 is 0 Å². The van der Waals surface area contributed by atoms with E-state index in [0.717, 1.165) is 24.0 Å². The Morgan fingerprint density at radius 1 is 1.57 bits per heavy atom. The molecule has 3 nitrogen and oxygen atoms in total. The second-order valence-corrected chi connectivity index (χ2v) is 3.48. The van der Waals surface area contributed by atoms with Crippen molar-refractivity contribution in [3.8, 4) is 0 Å². The van der Waals surface area contributed by atoms with Crippen molar-refractivity contribution in [2.24, 2.45) is 5.73 Å². The van der Waals surface area contributed by atoms with Crippen LogP contribution in [0, 0.1) is 5.82 Å². The van der Waals surface area contributed by atoms with Crippen molar-refractivity contribution < 1.29 is 14.3 Å². The van der Waals surface area contributed by atoms with E-state index in [2.05, 4.69) is 0 Å². The average molecular weight is 195 g/mol. The number of nitrogens with two attached hydrogens (primary N) is 1. The van der Waals surface area contributed by atoms with Gasteiger partial charge in [0.05, 0.1) is 5.56 Å². The van der Waals surface area contributed by atoms with Gasteiger partial charge in [0, 0.05) is 6.04 Å². The Morgan fingerprint density at radius 2 is 2.29 bits per heavy atom. The van der Waals surface area contributed by atoms with Crippen LogP contribution in [0.1, 0.15) is 33.9 Å². The summed E-state index contributed by atoms with van der Waals surface area (Å²) in [6.07, 6.45) is 1.49. The molecule has 0 unspecified atom stereocenters. The van der Waals surface area contributed by atoms with E-state index in [1.807, 2.05) is 0 Å². The molecule has 0 radical (unpaired) electrons. The Balaban J connectivity index is 2.57. The topological polar surface area (TPSA) is 63.3 Å². The van der Waals surface area contributed by atoms with Gasteiger partial charge in [-0.1, -0.05) is 0 Å². The number of hydrogen-bond acceptors (Lipinski definition) is 2. The molecule has 4 heteroatoms. The van der Waals surface area contributed by atoms with Crippen LogP contribution in [-0.2, 0) is 6.42 Å². The lowest BCUT2D eigenvalue weighted by molar-refractivity contribution is 0.0692. The van der Waals surface area contributed by atoms with Crippen molar-refractivity contribution in [3.63, 3.8) is 0 Å². The van der Waals surface area contributed by atoms with Crippen molar-refractivity contribution in [3.05, 3.63) is 34.6 Å². The molecule has 1 aliphatic rings. The van der Waals surface area contributed by atoms with Gasteiger partial charge in [0.25, 0.3) is 0 Å². The van der Waals surface area contributed by atoms with Crippen LogP contribution in [0.3, 0.4) is 0 Å². The van der Waals surface area contributed by atoms with Gasteiger partial charge < -0.3 is 10.8 Å². The number of benzene rings is 1. The fraction of sp³-hybridized carbons (Fsp3) is 0.300. The predicted molar refractivity (Wildman–Crippen MR) is 48.6 cm³/mol. The normalized spacial score (nSPS) is 19.4. The minimum atomic E-state index is -1.25. The molecule has 0 saturated heterocycles. The van der Waals surface area contributed by atoms with Crippen LogP contribution in [0.25, 0.3) is 0 Å². The number of carboxylic acid groups (broad SMARTS) is 1. The molecule has 14 heavy (non-hydrogen) atoms. The predicted octanol–water partition coefficient (Wildman–Crippen LogP) is 1.47. The Kier molecular flexibility index (Phi) is 2.00. The van der Waals surface area contributed by atoms with Crippen LogP contribution in [0.4, 0.5) is 4.39 Å². The molecule has 0 saturated carbocycles. The fourth-order valence-electron chi connectivity index (χ4n) is 1.82. The molecule has 0 heterocycles. The van der Waals surface area contributed by atoms with Crippen LogP contribution in [-0.4, -0.2) is 11.1 Å². The summed E-state index contributed by atoms with van der Waals surface area (Å²) in [6.45, 7) is 0. The van der Waals surface area contributed by atoms with Gasteiger partial charge in [-0.15, -0.1) is 0 Å². The lowest BCUT2D eigenvalue weighted by Crippen LogP contribution is -2.08. The molecule has 1 aliphatic carbocycles. The molecular weight excluding hydrogens is 185 g/mol. The van der Waals surface area contributed by atoms with Crippen molar-refractivity contribution in [1.29, 1.82) is 0 Å². The number of halogens is 1. The summed E-state index contributed by atoms with van der Waals surface area (Å²) in [5.74, 6) is -1.92. The van der Waals surface area contributed by atoms with Gasteiger partial charge in [-0.05, 0) is 36.1 Å². The standard InChI is InChI=1S/C10H10FNO2/c11-8-3-5-1-2-9(12)6(5)4-7(8)10(13)14/h3-4,9H,1-2,12H2,(H,13,14)/t9-/m1/s1. The zero-order valence-electron chi connectivity index (χ0n) is 7.46. The molecule has 0 amide bonds. The molecule has 2 rings (SSSR count). The highest BCUT2D eigenvalue weighted by Gasteiger charge is 2.23. The molecule has 0 aliphatic heterocycles. The first kappa shape index (κ1) is 9.15. The van der Waals surface area contributed by atoms with Gasteiger partial charge in [-0.25, -0.2) is 9.18 Å². The van der Waals surface area contributed by atoms with E-state index in [-0.39, 0.29) is 11.6 Å². The number of carboxylic acids is 1. The van der Waals surface area contributed by atoms with Crippen LogP contribution in [0.2, 0.25) is 0 Å². The third-order valence-corrected chi connectivity index (χ3v) is 2.58. The Bertz CT molecular complexity index is 403. The Labute approximate surface area is 80.3 Å². The molecule has 74 valence electrons. The lowest BCUT2D eigenvalue weighted by Gasteiger charge is -2.06. The van der Waals surface area contributed by atoms with E-state index in [4.69, 9.17) is 10.8 Å². The molecule has 0 bridgehead atoms. The molecular formula is C10H10FNO2. The van der Waals surface area contributed by atoms with Gasteiger partial charge in [-0.3, -0.25) is 0 Å². The molecule has 1 atom stereocenters. The SMILES string of the molecule is N[C@@H]1CCc2cc(F)c(C(=O)O)cc21. The Morgan fingerprint density at radius 3 is 2.93 bits per heavy atom. The number of fused-ring (bicyclic) bond motifs is 1. The molecule has 0 aromatic heterocycles. The molecule has 3 N–H and O–H groups in total. The molecule has 0 spiro atoms. The average Bonchev–Trinajstić information content (AvgIpc) is 2.46. The summed E-state index contributed by atoms with van der Waals surface area (Å²) in [4.78, 5) is 10.6. The quantitative estimate of drug-likeness (QED) is 0.713. The van der Waals surface area contributed by atoms with E-state index in [9.17, 15) is 9.18 Å². The van der Waals surface area contributed by atoms with Gasteiger partial charge in [0.2, 0.25) is 0 Å². The van der Waals surface area contributed by atoms with Crippen LogP contribution >= 0.6 is 0 Å². The van der Waals surface area contributed by atoms with Crippen molar-refractivity contribution in [1.82, 2.24) is 0 Å². The third-order valence-electron chi connectivity index (χ3n) is 2.58. The second-order valence-electron chi connectivity index (χ2n) is 3.48. The fourth-order valence-corrected chi connectivity index (χ4v) is 1.82. The summed E-state index contributed by atoms with van der Waals surface area (Å²) in [5.41, 5.74) is 7.06. The zero-order chi connectivity index (χ0) is 10.3. The minimum Gasteiger partial charge on any atom is -0.478 e. The maximum Gasteiger partial charge on any atom is 0.338 e. The van der Waals surface area contributed by atoms with Gasteiger partial charge >= 0.3 is 5.97 Å². The third kappa shape index (κ3) is 1.28. The summed E-state index contributed by atoms with van der Waals surface area (Å²) >= 11 is 0. The first-order valence-electron chi connectivity index (χ1n) is 4.41. The van der Waals surface area contributed by atoms with E-state index in [1.165, 1.54) is 12.1 Å². The number of carbonyl (C=O) groups is 1. The van der Waals surface area contributed by atoms with Gasteiger partial charge in [0.15, 0.2) is 0 Å². The maximum absolute atomic E-state index is 13.2. The maximum atomic E-state index is 13.2. The van der Waals surface area contributed by atoms with Crippen LogP contribution < -0.4 is 5.73 Å². The second kappa shape index (κ2) is 3.06. The molecule has 0 fully saturated rings. The molecule has 1 aromatic carbocycles. The zero-order valence-corrected chi connectivity index (χ0v) is 7.46. The molecule has 1 aromatic rings. The number of hydrogen-bond donors (Lipinski definition) is 2. The highest BCUT2D eigenvalue weighted by atomic mass is 19.1. The van der Waals surface area contributed by atoms with Crippen LogP contribution in [0.15, 0.2) is 12.1 Å². The first-order valence-corrected chi connectivity index (χ1v) is 4.41. The lowest BCUT2D eigenvalue weighted by atomic mass is 10.0. The van der Waals surface area contributed by atoms with Gasteiger partial charge in [-0.2, -0.15) is 0 Å². The minimum absolute atomic E-state index is 0.149. The first-order chi connectivity index (χ1) is 6.59. The number of aryl methyl sites for hydroxylation is 1. The smallest absolute Gasteiger partial charge is 0.338 e. The number of aromatic carboxylic acids is 1. The monoisotopic (exact) mass is 195 g/mol. The van der Waals surface area contributed by atoms with Gasteiger partial charge in [0.1, 0.15) is 5.82 Å².